The first-order valence-corrected chi connectivity index (χ1v) is 9.97. The predicted octanol–water partition coefficient (Wildman–Crippen LogP) is 2.07. The van der Waals surface area contributed by atoms with Crippen molar-refractivity contribution in [3.63, 3.8) is 0 Å². The van der Waals surface area contributed by atoms with E-state index in [-0.39, 0.29) is 22.9 Å². The smallest absolute Gasteiger partial charge is 0.322 e. The third kappa shape index (κ3) is 3.69. The van der Waals surface area contributed by atoms with E-state index in [1.54, 1.807) is 30.3 Å². The second kappa shape index (κ2) is 6.75. The zero-order valence-corrected chi connectivity index (χ0v) is 15.0. The van der Waals surface area contributed by atoms with Crippen molar-refractivity contribution >= 4 is 27.1 Å². The van der Waals surface area contributed by atoms with Crippen molar-refractivity contribution in [3.05, 3.63) is 53.9 Å². The normalized spacial score (nSPS) is 15.7. The molecule has 1 fully saturated rings. The SMILES string of the molecule is O=C(O)[C@H](Cc1ccccc1)NS(=O)(=O)c1cnc2onc(C3CC3)c2c1. The Labute approximate surface area is 155 Å². The van der Waals surface area contributed by atoms with E-state index in [0.29, 0.717) is 11.1 Å². The first-order valence-electron chi connectivity index (χ1n) is 8.48. The maximum atomic E-state index is 12.7. The minimum Gasteiger partial charge on any atom is -0.480 e. The number of hydrogen-bond acceptors (Lipinski definition) is 6. The van der Waals surface area contributed by atoms with Crippen LogP contribution in [-0.2, 0) is 21.2 Å². The van der Waals surface area contributed by atoms with Crippen molar-refractivity contribution in [2.75, 3.05) is 0 Å². The molecule has 8 nitrogen and oxygen atoms in total. The van der Waals surface area contributed by atoms with Crippen LogP contribution in [-0.4, -0.2) is 35.7 Å². The van der Waals surface area contributed by atoms with E-state index in [4.69, 9.17) is 4.52 Å². The monoisotopic (exact) mass is 387 g/mol. The molecule has 0 aliphatic heterocycles. The minimum atomic E-state index is -4.08. The van der Waals surface area contributed by atoms with Gasteiger partial charge in [0, 0.05) is 5.92 Å². The lowest BCUT2D eigenvalue weighted by Gasteiger charge is -2.15. The molecular formula is C18H17N3O5S. The highest BCUT2D eigenvalue weighted by molar-refractivity contribution is 7.89. The fraction of sp³-hybridized carbons (Fsp3) is 0.278. The van der Waals surface area contributed by atoms with Crippen LogP contribution >= 0.6 is 0 Å². The van der Waals surface area contributed by atoms with Gasteiger partial charge >= 0.3 is 5.97 Å². The Morgan fingerprint density at radius 3 is 2.70 bits per heavy atom. The maximum Gasteiger partial charge on any atom is 0.322 e. The van der Waals surface area contributed by atoms with Gasteiger partial charge in [-0.3, -0.25) is 4.79 Å². The molecule has 1 aliphatic rings. The number of pyridine rings is 1. The van der Waals surface area contributed by atoms with Gasteiger partial charge in [0.05, 0.1) is 17.3 Å². The van der Waals surface area contributed by atoms with Crippen LogP contribution in [0.4, 0.5) is 0 Å². The molecule has 1 atom stereocenters. The van der Waals surface area contributed by atoms with Gasteiger partial charge in [0.1, 0.15) is 10.9 Å². The summed E-state index contributed by atoms with van der Waals surface area (Å²) in [5, 5.41) is 14.0. The van der Waals surface area contributed by atoms with Gasteiger partial charge in [0.15, 0.2) is 0 Å². The van der Waals surface area contributed by atoms with E-state index in [2.05, 4.69) is 14.9 Å². The zero-order valence-electron chi connectivity index (χ0n) is 14.2. The van der Waals surface area contributed by atoms with Crippen LogP contribution in [0.5, 0.6) is 0 Å². The Hall–Kier alpha value is -2.78. The van der Waals surface area contributed by atoms with Crippen molar-refractivity contribution in [2.24, 2.45) is 0 Å². The number of fused-ring (bicyclic) bond motifs is 1. The lowest BCUT2D eigenvalue weighted by molar-refractivity contribution is -0.138. The maximum absolute atomic E-state index is 12.7. The number of carboxylic acids is 1. The van der Waals surface area contributed by atoms with Crippen molar-refractivity contribution in [2.45, 2.75) is 36.1 Å². The standard InChI is InChI=1S/C18H17N3O5S/c22-18(23)15(8-11-4-2-1-3-5-11)21-27(24,25)13-9-14-16(12-6-7-12)20-26-17(14)19-10-13/h1-5,9-10,12,15,21H,6-8H2,(H,22,23)/t15-/m0/s1. The molecule has 140 valence electrons. The van der Waals surface area contributed by atoms with Crippen LogP contribution in [0.15, 0.2) is 52.0 Å². The topological polar surface area (TPSA) is 122 Å². The zero-order chi connectivity index (χ0) is 19.0. The van der Waals surface area contributed by atoms with Gasteiger partial charge in [0.25, 0.3) is 5.71 Å². The number of aliphatic carboxylic acids is 1. The van der Waals surface area contributed by atoms with E-state index in [1.165, 1.54) is 6.07 Å². The first-order chi connectivity index (χ1) is 12.9. The summed E-state index contributed by atoms with van der Waals surface area (Å²) < 4.78 is 32.9. The molecule has 27 heavy (non-hydrogen) atoms. The number of nitrogens with one attached hydrogen (secondary N) is 1. The summed E-state index contributed by atoms with van der Waals surface area (Å²) in [5.41, 5.74) is 1.69. The molecule has 0 unspecified atom stereocenters. The number of carbonyl (C=O) groups is 1. The molecule has 2 N–H and O–H groups in total. The molecule has 0 saturated heterocycles. The van der Waals surface area contributed by atoms with Crippen LogP contribution in [0, 0.1) is 0 Å². The fourth-order valence-corrected chi connectivity index (χ4v) is 4.07. The third-order valence-electron chi connectivity index (χ3n) is 4.48. The number of benzene rings is 1. The van der Waals surface area contributed by atoms with E-state index < -0.39 is 22.0 Å². The van der Waals surface area contributed by atoms with Gasteiger partial charge < -0.3 is 9.63 Å². The molecule has 0 radical (unpaired) electrons. The molecule has 2 aromatic heterocycles. The van der Waals surface area contributed by atoms with Gasteiger partial charge in [-0.1, -0.05) is 35.5 Å². The highest BCUT2D eigenvalue weighted by atomic mass is 32.2. The average molecular weight is 387 g/mol. The van der Waals surface area contributed by atoms with Crippen molar-refractivity contribution < 1.29 is 22.8 Å². The van der Waals surface area contributed by atoms with E-state index in [9.17, 15) is 18.3 Å². The molecular weight excluding hydrogens is 370 g/mol. The number of carboxylic acid groups (broad SMARTS) is 1. The summed E-state index contributed by atoms with van der Waals surface area (Å²) in [4.78, 5) is 15.5. The number of nitrogens with zero attached hydrogens (tertiary/aromatic N) is 2. The Morgan fingerprint density at radius 1 is 1.30 bits per heavy atom. The van der Waals surface area contributed by atoms with Crippen LogP contribution in [0.25, 0.3) is 11.1 Å². The summed E-state index contributed by atoms with van der Waals surface area (Å²) in [7, 11) is -4.08. The van der Waals surface area contributed by atoms with Gasteiger partial charge in [0.2, 0.25) is 10.0 Å². The van der Waals surface area contributed by atoms with Gasteiger partial charge in [-0.25, -0.2) is 13.4 Å². The van der Waals surface area contributed by atoms with Crippen LogP contribution in [0.2, 0.25) is 0 Å². The summed E-state index contributed by atoms with van der Waals surface area (Å²) in [6, 6.07) is 8.99. The van der Waals surface area contributed by atoms with Crippen LogP contribution in [0.3, 0.4) is 0 Å². The second-order valence-corrected chi connectivity index (χ2v) is 8.28. The average Bonchev–Trinajstić information content (AvgIpc) is 3.40. The largest absolute Gasteiger partial charge is 0.480 e. The van der Waals surface area contributed by atoms with Crippen molar-refractivity contribution in [1.29, 1.82) is 0 Å². The van der Waals surface area contributed by atoms with Crippen molar-refractivity contribution in [1.82, 2.24) is 14.9 Å². The lowest BCUT2D eigenvalue weighted by Crippen LogP contribution is -2.42. The fourth-order valence-electron chi connectivity index (χ4n) is 2.91. The predicted molar refractivity (Wildman–Crippen MR) is 95.7 cm³/mol. The quantitative estimate of drug-likeness (QED) is 0.636. The number of sulfonamides is 1. The van der Waals surface area contributed by atoms with Crippen LogP contribution < -0.4 is 4.72 Å². The van der Waals surface area contributed by atoms with Gasteiger partial charge in [-0.05, 0) is 30.9 Å². The Morgan fingerprint density at radius 2 is 2.04 bits per heavy atom. The highest BCUT2D eigenvalue weighted by Gasteiger charge is 2.31. The molecule has 1 aromatic carbocycles. The number of aromatic nitrogens is 2. The molecule has 0 spiro atoms. The number of rotatable bonds is 7. The molecule has 0 amide bonds. The first kappa shape index (κ1) is 17.6. The molecule has 1 saturated carbocycles. The minimum absolute atomic E-state index is 0.0334. The molecule has 3 aromatic rings. The molecule has 4 rings (SSSR count). The van der Waals surface area contributed by atoms with Crippen LogP contribution in [0.1, 0.15) is 30.0 Å². The Kier molecular flexibility index (Phi) is 4.40. The highest BCUT2D eigenvalue weighted by Crippen LogP contribution is 2.42. The molecule has 2 heterocycles. The van der Waals surface area contributed by atoms with E-state index in [1.807, 2.05) is 0 Å². The van der Waals surface area contributed by atoms with Crippen molar-refractivity contribution in [3.8, 4) is 0 Å². The Balaban J connectivity index is 1.62. The summed E-state index contributed by atoms with van der Waals surface area (Å²) in [6.45, 7) is 0. The summed E-state index contributed by atoms with van der Waals surface area (Å²) >= 11 is 0. The lowest BCUT2D eigenvalue weighted by atomic mass is 10.1. The van der Waals surface area contributed by atoms with E-state index in [0.717, 1.165) is 24.6 Å². The second-order valence-electron chi connectivity index (χ2n) is 6.57. The van der Waals surface area contributed by atoms with E-state index >= 15 is 0 Å². The number of hydrogen-bond donors (Lipinski definition) is 2. The summed E-state index contributed by atoms with van der Waals surface area (Å²) in [5.74, 6) is -0.982. The Bertz CT molecular complexity index is 1090. The van der Waals surface area contributed by atoms with Gasteiger partial charge in [-0.2, -0.15) is 4.72 Å². The van der Waals surface area contributed by atoms with Gasteiger partial charge in [-0.15, -0.1) is 0 Å². The molecule has 1 aliphatic carbocycles. The summed E-state index contributed by atoms with van der Waals surface area (Å²) in [6.07, 6.45) is 3.14. The molecule has 9 heteroatoms. The molecule has 0 bridgehead atoms. The third-order valence-corrected chi connectivity index (χ3v) is 5.92.